The van der Waals surface area contributed by atoms with Crippen molar-refractivity contribution >= 4 is 13.3 Å². The standard InChI is InChI=1S/C9H13O2P/c1-3-11-12(10)9-6-4-5-8(2)7-9/h4-7,12H,3H2,1-2H3. The molecule has 0 fully saturated rings. The van der Waals surface area contributed by atoms with Crippen molar-refractivity contribution in [2.24, 2.45) is 0 Å². The second-order valence-electron chi connectivity index (χ2n) is 2.59. The van der Waals surface area contributed by atoms with E-state index in [-0.39, 0.29) is 0 Å². The monoisotopic (exact) mass is 184 g/mol. The van der Waals surface area contributed by atoms with E-state index in [1.54, 1.807) is 0 Å². The van der Waals surface area contributed by atoms with Crippen molar-refractivity contribution in [1.29, 1.82) is 0 Å². The highest BCUT2D eigenvalue weighted by Gasteiger charge is 2.01. The molecule has 1 aromatic carbocycles. The normalized spacial score (nSPS) is 12.8. The van der Waals surface area contributed by atoms with Crippen molar-refractivity contribution in [2.75, 3.05) is 6.61 Å². The zero-order valence-corrected chi connectivity index (χ0v) is 8.33. The molecule has 0 aliphatic carbocycles. The summed E-state index contributed by atoms with van der Waals surface area (Å²) in [5.74, 6) is 0. The third-order valence-electron chi connectivity index (χ3n) is 1.53. The van der Waals surface area contributed by atoms with Gasteiger partial charge >= 0.3 is 0 Å². The molecule has 1 rings (SSSR count). The van der Waals surface area contributed by atoms with Crippen molar-refractivity contribution < 1.29 is 9.09 Å². The van der Waals surface area contributed by atoms with E-state index in [0.29, 0.717) is 6.61 Å². The summed E-state index contributed by atoms with van der Waals surface area (Å²) >= 11 is 0. The minimum atomic E-state index is -1.99. The molecule has 66 valence electrons. The van der Waals surface area contributed by atoms with Gasteiger partial charge in [0.05, 0.1) is 6.61 Å². The van der Waals surface area contributed by atoms with Gasteiger partial charge in [0.25, 0.3) is 0 Å². The SMILES string of the molecule is CCO[PH](=O)c1cccc(C)c1. The number of hydrogen-bond acceptors (Lipinski definition) is 2. The van der Waals surface area contributed by atoms with Crippen LogP contribution in [-0.4, -0.2) is 6.61 Å². The van der Waals surface area contributed by atoms with E-state index in [4.69, 9.17) is 4.52 Å². The Hall–Kier alpha value is -0.590. The summed E-state index contributed by atoms with van der Waals surface area (Å²) in [5, 5.41) is 0.807. The van der Waals surface area contributed by atoms with Crippen LogP contribution in [0.2, 0.25) is 0 Å². The zero-order chi connectivity index (χ0) is 8.97. The summed E-state index contributed by atoms with van der Waals surface area (Å²) in [7, 11) is -1.99. The summed E-state index contributed by atoms with van der Waals surface area (Å²) < 4.78 is 16.4. The summed E-state index contributed by atoms with van der Waals surface area (Å²) in [6.07, 6.45) is 0. The fraction of sp³-hybridized carbons (Fsp3) is 0.333. The molecule has 1 atom stereocenters. The Morgan fingerprint density at radius 2 is 2.25 bits per heavy atom. The summed E-state index contributed by atoms with van der Waals surface area (Å²) in [5.41, 5.74) is 1.12. The summed E-state index contributed by atoms with van der Waals surface area (Å²) in [4.78, 5) is 0. The fourth-order valence-electron chi connectivity index (χ4n) is 0.986. The molecule has 0 amide bonds. The van der Waals surface area contributed by atoms with Crippen LogP contribution in [0.25, 0.3) is 0 Å². The van der Waals surface area contributed by atoms with Crippen LogP contribution in [0.5, 0.6) is 0 Å². The van der Waals surface area contributed by atoms with Gasteiger partial charge in [-0.2, -0.15) is 0 Å². The number of hydrogen-bond donors (Lipinski definition) is 0. The molecule has 0 saturated heterocycles. The molecule has 3 heteroatoms. The fourth-order valence-corrected chi connectivity index (χ4v) is 1.99. The first-order chi connectivity index (χ1) is 5.74. The Balaban J connectivity index is 2.81. The van der Waals surface area contributed by atoms with Crippen LogP contribution in [0.15, 0.2) is 24.3 Å². The molecule has 0 saturated carbocycles. The van der Waals surface area contributed by atoms with Crippen molar-refractivity contribution in [3.05, 3.63) is 29.8 Å². The van der Waals surface area contributed by atoms with Gasteiger partial charge < -0.3 is 4.52 Å². The van der Waals surface area contributed by atoms with Crippen molar-refractivity contribution in [1.82, 2.24) is 0 Å². The quantitative estimate of drug-likeness (QED) is 0.672. The first kappa shape index (κ1) is 9.50. The molecule has 0 spiro atoms. The highest BCUT2D eigenvalue weighted by Crippen LogP contribution is 2.20. The Morgan fingerprint density at radius 1 is 1.50 bits per heavy atom. The van der Waals surface area contributed by atoms with Gasteiger partial charge in [-0.25, -0.2) is 0 Å². The molecule has 12 heavy (non-hydrogen) atoms. The minimum Gasteiger partial charge on any atom is -0.328 e. The average molecular weight is 184 g/mol. The molecule has 0 aromatic heterocycles. The van der Waals surface area contributed by atoms with Gasteiger partial charge in [-0.3, -0.25) is 4.57 Å². The number of rotatable bonds is 3. The maximum atomic E-state index is 11.4. The predicted octanol–water partition coefficient (Wildman–Crippen LogP) is 2.13. The Morgan fingerprint density at radius 3 is 2.83 bits per heavy atom. The van der Waals surface area contributed by atoms with Gasteiger partial charge in [0.15, 0.2) is 0 Å². The Labute approximate surface area is 73.4 Å². The maximum absolute atomic E-state index is 11.4. The first-order valence-corrected chi connectivity index (χ1v) is 5.29. The number of benzene rings is 1. The molecule has 2 nitrogen and oxygen atoms in total. The molecule has 0 radical (unpaired) electrons. The van der Waals surface area contributed by atoms with Gasteiger partial charge in [0.2, 0.25) is 8.03 Å². The first-order valence-electron chi connectivity index (χ1n) is 3.98. The molecule has 1 aromatic rings. The second kappa shape index (κ2) is 4.44. The molecule has 0 heterocycles. The van der Waals surface area contributed by atoms with Gasteiger partial charge in [-0.15, -0.1) is 0 Å². The van der Waals surface area contributed by atoms with E-state index in [2.05, 4.69) is 0 Å². The highest BCUT2D eigenvalue weighted by atomic mass is 31.1. The topological polar surface area (TPSA) is 26.3 Å². The third kappa shape index (κ3) is 2.47. The van der Waals surface area contributed by atoms with Crippen LogP contribution in [0, 0.1) is 6.92 Å². The lowest BCUT2D eigenvalue weighted by Gasteiger charge is -2.01. The van der Waals surface area contributed by atoms with Gasteiger partial charge in [0, 0.05) is 5.30 Å². The van der Waals surface area contributed by atoms with Crippen LogP contribution < -0.4 is 5.30 Å². The zero-order valence-electron chi connectivity index (χ0n) is 7.33. The second-order valence-corrected chi connectivity index (χ2v) is 4.03. The van der Waals surface area contributed by atoms with E-state index in [9.17, 15) is 4.57 Å². The molecular formula is C9H13O2P. The van der Waals surface area contributed by atoms with E-state index >= 15 is 0 Å². The van der Waals surface area contributed by atoms with Gasteiger partial charge in [-0.1, -0.05) is 17.7 Å². The van der Waals surface area contributed by atoms with Gasteiger partial charge in [-0.05, 0) is 26.0 Å². The lowest BCUT2D eigenvalue weighted by atomic mass is 10.2. The minimum absolute atomic E-state index is 0.506. The van der Waals surface area contributed by atoms with Crippen LogP contribution in [0.3, 0.4) is 0 Å². The highest BCUT2D eigenvalue weighted by molar-refractivity contribution is 7.48. The van der Waals surface area contributed by atoms with Crippen molar-refractivity contribution in [3.8, 4) is 0 Å². The third-order valence-corrected chi connectivity index (χ3v) is 2.86. The summed E-state index contributed by atoms with van der Waals surface area (Å²) in [6, 6.07) is 7.61. The van der Waals surface area contributed by atoms with Crippen LogP contribution in [0.1, 0.15) is 12.5 Å². The van der Waals surface area contributed by atoms with Crippen LogP contribution in [-0.2, 0) is 9.09 Å². The van der Waals surface area contributed by atoms with Crippen LogP contribution >= 0.6 is 8.03 Å². The van der Waals surface area contributed by atoms with E-state index in [0.717, 1.165) is 10.9 Å². The van der Waals surface area contributed by atoms with Crippen LogP contribution in [0.4, 0.5) is 0 Å². The van der Waals surface area contributed by atoms with E-state index in [1.165, 1.54) is 0 Å². The lowest BCUT2D eigenvalue weighted by Crippen LogP contribution is -1.98. The lowest BCUT2D eigenvalue weighted by molar-refractivity contribution is 0.357. The Bertz CT molecular complexity index is 284. The van der Waals surface area contributed by atoms with E-state index < -0.39 is 8.03 Å². The van der Waals surface area contributed by atoms with Gasteiger partial charge in [0.1, 0.15) is 0 Å². The Kier molecular flexibility index (Phi) is 3.51. The summed E-state index contributed by atoms with van der Waals surface area (Å²) in [6.45, 7) is 4.33. The molecule has 0 bridgehead atoms. The van der Waals surface area contributed by atoms with Crippen molar-refractivity contribution in [2.45, 2.75) is 13.8 Å². The molecule has 0 aliphatic heterocycles. The van der Waals surface area contributed by atoms with Crippen molar-refractivity contribution in [3.63, 3.8) is 0 Å². The molecule has 1 unspecified atom stereocenters. The largest absolute Gasteiger partial charge is 0.328 e. The smallest absolute Gasteiger partial charge is 0.220 e. The maximum Gasteiger partial charge on any atom is 0.220 e. The number of aryl methyl sites for hydroxylation is 1. The molecular weight excluding hydrogens is 171 g/mol. The predicted molar refractivity (Wildman–Crippen MR) is 51.4 cm³/mol. The van der Waals surface area contributed by atoms with E-state index in [1.807, 2.05) is 38.1 Å². The molecule has 0 aliphatic rings. The molecule has 0 N–H and O–H groups in total. The average Bonchev–Trinajstić information content (AvgIpc) is 2.05.